The fourth-order valence-corrected chi connectivity index (χ4v) is 0.566. The molecule has 1 radical (unpaired) electrons. The van der Waals surface area contributed by atoms with E-state index in [9.17, 15) is 0 Å². The minimum absolute atomic E-state index is 0.236. The van der Waals surface area contributed by atoms with E-state index in [-0.39, 0.29) is 6.29 Å². The van der Waals surface area contributed by atoms with Gasteiger partial charge >= 0.3 is 0 Å². The van der Waals surface area contributed by atoms with Crippen molar-refractivity contribution in [3.8, 4) is 0 Å². The summed E-state index contributed by atoms with van der Waals surface area (Å²) in [5, 5.41) is 0. The summed E-state index contributed by atoms with van der Waals surface area (Å²) < 4.78 is 14.6. The number of methoxy groups -OCH3 is 1. The van der Waals surface area contributed by atoms with E-state index in [4.69, 9.17) is 9.47 Å². The molecule has 0 N–H and O–H groups in total. The smallest absolute Gasteiger partial charge is 0.186 e. The SMILES string of the molecule is CO[CH]C1OCCO1. The fraction of sp³-hybridized carbons (Fsp3) is 0.800. The number of ether oxygens (including phenoxy) is 3. The van der Waals surface area contributed by atoms with Crippen molar-refractivity contribution in [3.63, 3.8) is 0 Å². The molecule has 0 aromatic heterocycles. The van der Waals surface area contributed by atoms with Gasteiger partial charge in [0, 0.05) is 7.11 Å². The van der Waals surface area contributed by atoms with Crippen molar-refractivity contribution in [1.29, 1.82) is 0 Å². The van der Waals surface area contributed by atoms with E-state index < -0.39 is 0 Å². The molecule has 0 aromatic rings. The molecule has 0 saturated carbocycles. The van der Waals surface area contributed by atoms with Gasteiger partial charge in [-0.05, 0) is 0 Å². The zero-order valence-corrected chi connectivity index (χ0v) is 4.79. The molecule has 47 valence electrons. The van der Waals surface area contributed by atoms with Gasteiger partial charge in [0.25, 0.3) is 0 Å². The third-order valence-electron chi connectivity index (χ3n) is 0.895. The van der Waals surface area contributed by atoms with Gasteiger partial charge < -0.3 is 14.2 Å². The summed E-state index contributed by atoms with van der Waals surface area (Å²) in [6.07, 6.45) is -0.236. The largest absolute Gasteiger partial charge is 0.373 e. The van der Waals surface area contributed by atoms with Crippen molar-refractivity contribution in [2.75, 3.05) is 20.3 Å². The van der Waals surface area contributed by atoms with Crippen LogP contribution in [0, 0.1) is 6.61 Å². The van der Waals surface area contributed by atoms with E-state index in [1.54, 1.807) is 7.11 Å². The summed E-state index contributed by atoms with van der Waals surface area (Å²) in [4.78, 5) is 0. The van der Waals surface area contributed by atoms with Crippen LogP contribution in [-0.2, 0) is 14.2 Å². The maximum atomic E-state index is 4.99. The highest BCUT2D eigenvalue weighted by atomic mass is 16.7. The molecule has 1 saturated heterocycles. The van der Waals surface area contributed by atoms with Crippen LogP contribution in [0.25, 0.3) is 0 Å². The third kappa shape index (κ3) is 1.43. The first-order chi connectivity index (χ1) is 3.93. The molecule has 8 heavy (non-hydrogen) atoms. The van der Waals surface area contributed by atoms with Gasteiger partial charge in [0.05, 0.1) is 13.2 Å². The van der Waals surface area contributed by atoms with E-state index in [2.05, 4.69) is 4.74 Å². The Morgan fingerprint density at radius 1 is 1.50 bits per heavy atom. The number of rotatable bonds is 2. The Labute approximate surface area is 48.5 Å². The third-order valence-corrected chi connectivity index (χ3v) is 0.895. The van der Waals surface area contributed by atoms with Crippen molar-refractivity contribution < 1.29 is 14.2 Å². The highest BCUT2D eigenvalue weighted by Crippen LogP contribution is 2.05. The van der Waals surface area contributed by atoms with Gasteiger partial charge in [-0.2, -0.15) is 0 Å². The van der Waals surface area contributed by atoms with Crippen molar-refractivity contribution in [2.45, 2.75) is 6.29 Å². The van der Waals surface area contributed by atoms with Crippen molar-refractivity contribution in [3.05, 3.63) is 6.61 Å². The van der Waals surface area contributed by atoms with Crippen LogP contribution in [-0.4, -0.2) is 26.6 Å². The molecule has 1 rings (SSSR count). The molecule has 0 amide bonds. The van der Waals surface area contributed by atoms with Crippen molar-refractivity contribution >= 4 is 0 Å². The summed E-state index contributed by atoms with van der Waals surface area (Å²) in [6.45, 7) is 2.86. The summed E-state index contributed by atoms with van der Waals surface area (Å²) in [6, 6.07) is 0. The van der Waals surface area contributed by atoms with Gasteiger partial charge in [-0.15, -0.1) is 0 Å². The molecule has 0 spiro atoms. The maximum absolute atomic E-state index is 4.99. The Morgan fingerprint density at radius 2 is 2.12 bits per heavy atom. The van der Waals surface area contributed by atoms with Crippen molar-refractivity contribution in [2.24, 2.45) is 0 Å². The lowest BCUT2D eigenvalue weighted by Crippen LogP contribution is -2.08. The summed E-state index contributed by atoms with van der Waals surface area (Å²) in [7, 11) is 1.57. The normalized spacial score (nSPS) is 22.1. The van der Waals surface area contributed by atoms with Crippen LogP contribution in [0.3, 0.4) is 0 Å². The minimum atomic E-state index is -0.236. The Balaban J connectivity index is 2.06. The first-order valence-corrected chi connectivity index (χ1v) is 2.53. The van der Waals surface area contributed by atoms with E-state index in [0.29, 0.717) is 13.2 Å². The van der Waals surface area contributed by atoms with Crippen molar-refractivity contribution in [1.82, 2.24) is 0 Å². The standard InChI is InChI=1S/C5H9O3/c1-6-4-5-7-2-3-8-5/h4-5H,2-3H2,1H3. The van der Waals surface area contributed by atoms with Crippen LogP contribution in [0.4, 0.5) is 0 Å². The zero-order chi connectivity index (χ0) is 5.82. The second-order valence-electron chi connectivity index (χ2n) is 1.48. The first kappa shape index (κ1) is 6.01. The van der Waals surface area contributed by atoms with Crippen LogP contribution in [0.2, 0.25) is 0 Å². The lowest BCUT2D eigenvalue weighted by molar-refractivity contribution is -0.0515. The van der Waals surface area contributed by atoms with Gasteiger partial charge in [-0.3, -0.25) is 0 Å². The number of hydrogen-bond acceptors (Lipinski definition) is 3. The minimum Gasteiger partial charge on any atom is -0.373 e. The average Bonchev–Trinajstić information content (AvgIpc) is 2.19. The molecule has 0 atom stereocenters. The van der Waals surface area contributed by atoms with Crippen LogP contribution >= 0.6 is 0 Å². The highest BCUT2D eigenvalue weighted by Gasteiger charge is 2.14. The van der Waals surface area contributed by atoms with Gasteiger partial charge in [0.1, 0.15) is 6.61 Å². The second kappa shape index (κ2) is 3.02. The monoisotopic (exact) mass is 117 g/mol. The lowest BCUT2D eigenvalue weighted by atomic mass is 10.7. The van der Waals surface area contributed by atoms with Crippen LogP contribution in [0.5, 0.6) is 0 Å². The maximum Gasteiger partial charge on any atom is 0.186 e. The lowest BCUT2D eigenvalue weighted by Gasteiger charge is -2.03. The average molecular weight is 117 g/mol. The first-order valence-electron chi connectivity index (χ1n) is 2.53. The molecular weight excluding hydrogens is 108 g/mol. The Hall–Kier alpha value is -0.120. The molecule has 0 aliphatic carbocycles. The topological polar surface area (TPSA) is 27.7 Å². The second-order valence-corrected chi connectivity index (χ2v) is 1.48. The van der Waals surface area contributed by atoms with E-state index in [1.807, 2.05) is 0 Å². The molecule has 3 heteroatoms. The molecule has 0 aromatic carbocycles. The highest BCUT2D eigenvalue weighted by molar-refractivity contribution is 4.59. The van der Waals surface area contributed by atoms with E-state index in [1.165, 1.54) is 6.61 Å². The molecule has 3 nitrogen and oxygen atoms in total. The summed E-state index contributed by atoms with van der Waals surface area (Å²) in [5.41, 5.74) is 0. The van der Waals surface area contributed by atoms with Gasteiger partial charge in [-0.25, -0.2) is 0 Å². The Bertz CT molecular complexity index is 58.7. The summed E-state index contributed by atoms with van der Waals surface area (Å²) in [5.74, 6) is 0. The number of hydrogen-bond donors (Lipinski definition) is 0. The Morgan fingerprint density at radius 3 is 2.62 bits per heavy atom. The zero-order valence-electron chi connectivity index (χ0n) is 4.79. The van der Waals surface area contributed by atoms with Crippen LogP contribution in [0.15, 0.2) is 0 Å². The van der Waals surface area contributed by atoms with Gasteiger partial charge in [0.2, 0.25) is 0 Å². The Kier molecular flexibility index (Phi) is 2.27. The quantitative estimate of drug-likeness (QED) is 0.516. The molecule has 1 fully saturated rings. The van der Waals surface area contributed by atoms with E-state index in [0.717, 1.165) is 0 Å². The molecule has 1 heterocycles. The molecule has 1 aliphatic rings. The molecule has 1 aliphatic heterocycles. The van der Waals surface area contributed by atoms with Crippen LogP contribution < -0.4 is 0 Å². The molecule has 0 unspecified atom stereocenters. The summed E-state index contributed by atoms with van der Waals surface area (Å²) >= 11 is 0. The molecule has 0 bridgehead atoms. The predicted molar refractivity (Wildman–Crippen MR) is 27.0 cm³/mol. The molecular formula is C5H9O3. The fourth-order valence-electron chi connectivity index (χ4n) is 0.566. The van der Waals surface area contributed by atoms with Crippen LogP contribution in [0.1, 0.15) is 0 Å². The van der Waals surface area contributed by atoms with Gasteiger partial charge in [-0.1, -0.05) is 0 Å². The van der Waals surface area contributed by atoms with E-state index >= 15 is 0 Å². The van der Waals surface area contributed by atoms with Gasteiger partial charge in [0.15, 0.2) is 6.29 Å². The predicted octanol–water partition coefficient (Wildman–Crippen LogP) is 0.167.